The minimum absolute atomic E-state index is 0.196. The summed E-state index contributed by atoms with van der Waals surface area (Å²) < 4.78 is 0. The zero-order valence-corrected chi connectivity index (χ0v) is 8.51. The van der Waals surface area contributed by atoms with E-state index < -0.39 is 0 Å². The van der Waals surface area contributed by atoms with Crippen LogP contribution < -0.4 is 0 Å². The number of aromatic nitrogens is 1. The molecule has 0 amide bonds. The van der Waals surface area contributed by atoms with Gasteiger partial charge in [0.1, 0.15) is 0 Å². The highest BCUT2D eigenvalue weighted by Crippen LogP contribution is 2.28. The molecule has 2 heterocycles. The molecule has 72 valence electrons. The van der Waals surface area contributed by atoms with Crippen LogP contribution in [0.2, 0.25) is 0 Å². The Kier molecular flexibility index (Phi) is 2.44. The molecule has 0 fully saturated rings. The fraction of sp³-hybridized carbons (Fsp3) is 0.333. The lowest BCUT2D eigenvalue weighted by atomic mass is 9.94. The summed E-state index contributed by atoms with van der Waals surface area (Å²) in [5, 5.41) is 0. The Balaban J connectivity index is 2.36. The van der Waals surface area contributed by atoms with E-state index in [9.17, 15) is 0 Å². The maximum Gasteiger partial charge on any atom is 0.0981 e. The predicted molar refractivity (Wildman–Crippen MR) is 58.5 cm³/mol. The van der Waals surface area contributed by atoms with Crippen molar-refractivity contribution in [1.82, 2.24) is 4.98 Å². The quantitative estimate of drug-likeness (QED) is 0.662. The van der Waals surface area contributed by atoms with Crippen LogP contribution in [0.4, 0.5) is 0 Å². The molecule has 1 aromatic rings. The van der Waals surface area contributed by atoms with Gasteiger partial charge in [0, 0.05) is 18.3 Å². The van der Waals surface area contributed by atoms with E-state index in [0.717, 1.165) is 5.69 Å². The second-order valence-electron chi connectivity index (χ2n) is 3.69. The van der Waals surface area contributed by atoms with Gasteiger partial charge in [-0.15, -0.1) is 0 Å². The smallest absolute Gasteiger partial charge is 0.0981 e. The van der Waals surface area contributed by atoms with Crippen molar-refractivity contribution < 1.29 is 0 Å². The van der Waals surface area contributed by atoms with Crippen molar-refractivity contribution in [3.05, 3.63) is 41.7 Å². The molecule has 0 N–H and O–H groups in total. The van der Waals surface area contributed by atoms with Gasteiger partial charge in [0.2, 0.25) is 0 Å². The lowest BCUT2D eigenvalue weighted by molar-refractivity contribution is 0.549. The minimum atomic E-state index is 0.196. The topological polar surface area (TPSA) is 25.2 Å². The molecule has 0 aromatic carbocycles. The summed E-state index contributed by atoms with van der Waals surface area (Å²) in [5.74, 6) is 0.439. The lowest BCUT2D eigenvalue weighted by Crippen LogP contribution is -2.11. The van der Waals surface area contributed by atoms with Crippen molar-refractivity contribution in [3.63, 3.8) is 0 Å². The van der Waals surface area contributed by atoms with E-state index >= 15 is 0 Å². The van der Waals surface area contributed by atoms with Crippen LogP contribution in [0.3, 0.4) is 0 Å². The van der Waals surface area contributed by atoms with Crippen LogP contribution in [0.1, 0.15) is 24.2 Å². The van der Waals surface area contributed by atoms with Gasteiger partial charge in [-0.2, -0.15) is 0 Å². The fourth-order valence-electron chi connectivity index (χ4n) is 1.74. The Bertz CT molecular complexity index is 380. The van der Waals surface area contributed by atoms with Crippen molar-refractivity contribution in [2.75, 3.05) is 0 Å². The van der Waals surface area contributed by atoms with Crippen LogP contribution >= 0.6 is 0 Å². The molecule has 2 unspecified atom stereocenters. The van der Waals surface area contributed by atoms with Gasteiger partial charge < -0.3 is 0 Å². The summed E-state index contributed by atoms with van der Waals surface area (Å²) in [7, 11) is 0. The highest BCUT2D eigenvalue weighted by Gasteiger charge is 2.19. The first-order valence-corrected chi connectivity index (χ1v) is 4.90. The van der Waals surface area contributed by atoms with Gasteiger partial charge >= 0.3 is 0 Å². The van der Waals surface area contributed by atoms with Gasteiger partial charge in [-0.3, -0.25) is 9.98 Å². The molecule has 0 saturated heterocycles. The maximum atomic E-state index is 4.47. The number of hydrogen-bond donors (Lipinski definition) is 0. The van der Waals surface area contributed by atoms with Gasteiger partial charge in [-0.05, 0) is 24.6 Å². The average Bonchev–Trinajstić information content (AvgIpc) is 2.20. The first-order valence-electron chi connectivity index (χ1n) is 4.90. The van der Waals surface area contributed by atoms with Crippen LogP contribution in [-0.4, -0.2) is 11.2 Å². The number of allylic oxidation sites excluding steroid dienone is 1. The molecule has 1 aliphatic rings. The summed E-state index contributed by atoms with van der Waals surface area (Å²) in [6, 6.07) is 4.25. The lowest BCUT2D eigenvalue weighted by Gasteiger charge is -2.20. The van der Waals surface area contributed by atoms with Gasteiger partial charge in [0.15, 0.2) is 0 Å². The molecule has 1 aromatic heterocycles. The maximum absolute atomic E-state index is 4.47. The molecule has 0 spiro atoms. The molecule has 1 aliphatic heterocycles. The van der Waals surface area contributed by atoms with E-state index in [1.165, 1.54) is 5.56 Å². The number of dihydropyridines is 1. The Morgan fingerprint density at radius 1 is 1.36 bits per heavy atom. The highest BCUT2D eigenvalue weighted by molar-refractivity contribution is 5.72. The van der Waals surface area contributed by atoms with Crippen molar-refractivity contribution in [3.8, 4) is 0 Å². The summed E-state index contributed by atoms with van der Waals surface area (Å²) in [6.45, 7) is 4.26. The molecule has 0 aliphatic carbocycles. The fourth-order valence-corrected chi connectivity index (χ4v) is 1.74. The minimum Gasteiger partial charge on any atom is -0.283 e. The summed E-state index contributed by atoms with van der Waals surface area (Å²) in [6.07, 6.45) is 7.87. The predicted octanol–water partition coefficient (Wildman–Crippen LogP) is 2.71. The molecule has 2 nitrogen and oxygen atoms in total. The summed E-state index contributed by atoms with van der Waals surface area (Å²) in [5.41, 5.74) is 2.32. The van der Waals surface area contributed by atoms with Crippen molar-refractivity contribution in [2.45, 2.75) is 19.9 Å². The number of nitrogens with zero attached hydrogens (tertiary/aromatic N) is 2. The molecular weight excluding hydrogens is 172 g/mol. The largest absolute Gasteiger partial charge is 0.283 e. The number of pyridine rings is 1. The van der Waals surface area contributed by atoms with Gasteiger partial charge in [0.25, 0.3) is 0 Å². The van der Waals surface area contributed by atoms with E-state index in [2.05, 4.69) is 36.0 Å². The SMILES string of the molecule is Cc1cccnc1C1N=CC=CC1C. The first-order chi connectivity index (χ1) is 6.79. The second kappa shape index (κ2) is 3.74. The monoisotopic (exact) mass is 186 g/mol. The zero-order valence-electron chi connectivity index (χ0n) is 8.51. The third kappa shape index (κ3) is 1.60. The molecule has 0 bridgehead atoms. The molecule has 0 saturated carbocycles. The Labute approximate surface area is 84.4 Å². The van der Waals surface area contributed by atoms with Crippen LogP contribution in [0.25, 0.3) is 0 Å². The Hall–Kier alpha value is -1.44. The second-order valence-corrected chi connectivity index (χ2v) is 3.69. The number of rotatable bonds is 1. The van der Waals surface area contributed by atoms with Crippen molar-refractivity contribution in [2.24, 2.45) is 10.9 Å². The van der Waals surface area contributed by atoms with Gasteiger partial charge in [-0.1, -0.05) is 19.1 Å². The van der Waals surface area contributed by atoms with Gasteiger partial charge in [0.05, 0.1) is 11.7 Å². The van der Waals surface area contributed by atoms with Crippen molar-refractivity contribution >= 4 is 6.21 Å². The van der Waals surface area contributed by atoms with Crippen LogP contribution in [-0.2, 0) is 0 Å². The summed E-state index contributed by atoms with van der Waals surface area (Å²) >= 11 is 0. The van der Waals surface area contributed by atoms with Crippen LogP contribution in [0.5, 0.6) is 0 Å². The zero-order chi connectivity index (χ0) is 9.97. The third-order valence-corrected chi connectivity index (χ3v) is 2.58. The first kappa shape index (κ1) is 9.13. The molecule has 2 heteroatoms. The highest BCUT2D eigenvalue weighted by atomic mass is 14.8. The van der Waals surface area contributed by atoms with Crippen LogP contribution in [0.15, 0.2) is 35.5 Å². The molecule has 2 rings (SSSR count). The third-order valence-electron chi connectivity index (χ3n) is 2.58. The normalized spacial score (nSPS) is 25.3. The molecule has 0 radical (unpaired) electrons. The van der Waals surface area contributed by atoms with E-state index in [-0.39, 0.29) is 6.04 Å². The van der Waals surface area contributed by atoms with E-state index in [1.54, 1.807) is 0 Å². The van der Waals surface area contributed by atoms with E-state index in [4.69, 9.17) is 0 Å². The average molecular weight is 186 g/mol. The Morgan fingerprint density at radius 3 is 2.93 bits per heavy atom. The van der Waals surface area contributed by atoms with Crippen LogP contribution in [0, 0.1) is 12.8 Å². The van der Waals surface area contributed by atoms with E-state index in [0.29, 0.717) is 5.92 Å². The summed E-state index contributed by atoms with van der Waals surface area (Å²) in [4.78, 5) is 8.87. The van der Waals surface area contributed by atoms with Crippen molar-refractivity contribution in [1.29, 1.82) is 0 Å². The van der Waals surface area contributed by atoms with Gasteiger partial charge in [-0.25, -0.2) is 0 Å². The Morgan fingerprint density at radius 2 is 2.21 bits per heavy atom. The van der Waals surface area contributed by atoms with E-state index in [1.807, 2.05) is 24.6 Å². The number of aliphatic imine (C=N–C) groups is 1. The molecular formula is C12H14N2. The molecule has 14 heavy (non-hydrogen) atoms. The number of hydrogen-bond acceptors (Lipinski definition) is 2. The number of aryl methyl sites for hydroxylation is 1. The standard InChI is InChI=1S/C12H14N2/c1-9-5-3-7-13-11(9)12-10(2)6-4-8-14-12/h3-9,11H,1-2H3. The molecule has 2 atom stereocenters.